The van der Waals surface area contributed by atoms with Gasteiger partial charge in [0.2, 0.25) is 0 Å². The van der Waals surface area contributed by atoms with Crippen molar-refractivity contribution in [2.75, 3.05) is 19.6 Å². The number of carbonyl (C=O) groups is 1. The van der Waals surface area contributed by atoms with Gasteiger partial charge in [-0.05, 0) is 68.4 Å². The van der Waals surface area contributed by atoms with Crippen LogP contribution < -0.4 is 5.32 Å². The van der Waals surface area contributed by atoms with Crippen LogP contribution in [0.4, 0.5) is 13.2 Å². The lowest BCUT2D eigenvalue weighted by Gasteiger charge is -2.41. The van der Waals surface area contributed by atoms with Gasteiger partial charge in [0, 0.05) is 54.7 Å². The lowest BCUT2D eigenvalue weighted by atomic mass is 9.77. The summed E-state index contributed by atoms with van der Waals surface area (Å²) in [5.41, 5.74) is -0.0279. The lowest BCUT2D eigenvalue weighted by molar-refractivity contribution is -0.137. The van der Waals surface area contributed by atoms with Crippen molar-refractivity contribution < 1.29 is 28.2 Å². The summed E-state index contributed by atoms with van der Waals surface area (Å²) in [6.07, 6.45) is 2.83. The molecule has 43 heavy (non-hydrogen) atoms. The molecule has 1 aliphatic carbocycles. The molecule has 228 valence electrons. The highest BCUT2D eigenvalue weighted by atomic mass is 19.4. The molecule has 3 fully saturated rings. The number of aliphatic hydroxyl groups excluding tert-OH is 1. The van der Waals surface area contributed by atoms with Gasteiger partial charge in [0.25, 0.3) is 5.91 Å². The van der Waals surface area contributed by atoms with Crippen molar-refractivity contribution in [1.82, 2.24) is 25.1 Å². The van der Waals surface area contributed by atoms with E-state index in [1.807, 2.05) is 29.2 Å². The van der Waals surface area contributed by atoms with Crippen LogP contribution in [0.3, 0.4) is 0 Å². The third kappa shape index (κ3) is 6.17. The smallest absolute Gasteiger partial charge is 0.385 e. The Hall–Kier alpha value is -3.38. The van der Waals surface area contributed by atoms with E-state index in [1.54, 1.807) is 18.5 Å². The third-order valence-electron chi connectivity index (χ3n) is 9.44. The second-order valence-corrected chi connectivity index (χ2v) is 11.9. The van der Waals surface area contributed by atoms with Crippen molar-refractivity contribution in [2.24, 2.45) is 0 Å². The van der Waals surface area contributed by atoms with Crippen LogP contribution in [0.1, 0.15) is 60.0 Å². The van der Waals surface area contributed by atoms with Gasteiger partial charge in [-0.1, -0.05) is 30.3 Å². The highest BCUT2D eigenvalue weighted by Gasteiger charge is 2.48. The molecule has 2 saturated heterocycles. The Labute approximate surface area is 248 Å². The van der Waals surface area contributed by atoms with Crippen molar-refractivity contribution in [3.05, 3.63) is 83.7 Å². The number of hydrogen-bond donors (Lipinski definition) is 3. The van der Waals surface area contributed by atoms with Crippen molar-refractivity contribution in [3.63, 3.8) is 0 Å². The molecule has 3 aromatic rings. The van der Waals surface area contributed by atoms with Crippen LogP contribution in [-0.4, -0.2) is 79.9 Å². The van der Waals surface area contributed by atoms with E-state index in [2.05, 4.69) is 20.2 Å². The monoisotopic (exact) mass is 595 g/mol. The highest BCUT2D eigenvalue weighted by Crippen LogP contribution is 2.42. The summed E-state index contributed by atoms with van der Waals surface area (Å²) in [4.78, 5) is 25.7. The Kier molecular flexibility index (Phi) is 8.25. The molecule has 8 nitrogen and oxygen atoms in total. The second kappa shape index (κ2) is 12.0. The maximum absolute atomic E-state index is 13.0. The van der Waals surface area contributed by atoms with Crippen LogP contribution in [0.15, 0.2) is 67.0 Å². The van der Waals surface area contributed by atoms with Crippen LogP contribution in [0.25, 0.3) is 11.4 Å². The topological polar surface area (TPSA) is 102 Å². The first-order valence-electron chi connectivity index (χ1n) is 14.9. The molecule has 11 heteroatoms. The van der Waals surface area contributed by atoms with E-state index in [1.165, 1.54) is 12.1 Å². The minimum Gasteiger partial charge on any atom is -0.385 e. The number of halogens is 3. The molecule has 6 rings (SSSR count). The van der Waals surface area contributed by atoms with Crippen LogP contribution in [0.2, 0.25) is 0 Å². The zero-order valence-corrected chi connectivity index (χ0v) is 23.7. The SMILES string of the molecule is O=C(NCC(O)N1CC[C@H]2[C@@H]1CCN2C1CCC(O)(c2ccc(-c3ncccn3)cc2)CC1)c1cccc(C(F)(F)F)c1. The molecule has 3 aliphatic rings. The van der Waals surface area contributed by atoms with Crippen LogP contribution in [-0.2, 0) is 11.8 Å². The number of aromatic nitrogens is 2. The molecule has 0 radical (unpaired) electrons. The average molecular weight is 596 g/mol. The van der Waals surface area contributed by atoms with E-state index in [9.17, 15) is 28.2 Å². The molecule has 3 heterocycles. The molecule has 3 N–H and O–H groups in total. The number of amides is 1. The van der Waals surface area contributed by atoms with Gasteiger partial charge in [-0.25, -0.2) is 9.97 Å². The summed E-state index contributed by atoms with van der Waals surface area (Å²) in [7, 11) is 0. The maximum atomic E-state index is 13.0. The quantitative estimate of drug-likeness (QED) is 0.377. The molecule has 0 bridgehead atoms. The van der Waals surface area contributed by atoms with E-state index in [0.29, 0.717) is 31.3 Å². The molecule has 0 spiro atoms. The van der Waals surface area contributed by atoms with Crippen LogP contribution in [0, 0.1) is 0 Å². The summed E-state index contributed by atoms with van der Waals surface area (Å²) in [5.74, 6) is 0.00818. The summed E-state index contributed by atoms with van der Waals surface area (Å²) in [5, 5.41) is 25.1. The fraction of sp³-hybridized carbons (Fsp3) is 0.469. The Balaban J connectivity index is 1.01. The number of fused-ring (bicyclic) bond motifs is 1. The van der Waals surface area contributed by atoms with Gasteiger partial charge < -0.3 is 15.5 Å². The van der Waals surface area contributed by atoms with E-state index in [0.717, 1.165) is 55.5 Å². The minimum absolute atomic E-state index is 0.0655. The number of aliphatic hydroxyl groups is 2. The standard InChI is InChI=1S/C32H36F3N5O3/c33-32(34,35)24-4-1-3-22(19-24)30(42)38-20-28(41)40-18-12-26-27(40)11-17-39(26)25-9-13-31(43,14-10-25)23-7-5-21(6-8-23)29-36-15-2-16-37-29/h1-8,15-16,19,25-28,41,43H,9-14,17-18,20H2,(H,38,42)/t25?,26-,27-,28?,31?/m0/s1. The fourth-order valence-corrected chi connectivity index (χ4v) is 7.19. The normalized spacial score (nSPS) is 27.1. The summed E-state index contributed by atoms with van der Waals surface area (Å²) in [6, 6.07) is 14.7. The zero-order valence-electron chi connectivity index (χ0n) is 23.7. The highest BCUT2D eigenvalue weighted by molar-refractivity contribution is 5.94. The Bertz CT molecular complexity index is 1410. The van der Waals surface area contributed by atoms with Crippen molar-refractivity contribution in [3.8, 4) is 11.4 Å². The molecule has 1 saturated carbocycles. The number of benzene rings is 2. The van der Waals surface area contributed by atoms with Gasteiger partial charge >= 0.3 is 6.18 Å². The summed E-state index contributed by atoms with van der Waals surface area (Å²) < 4.78 is 39.1. The number of hydrogen-bond acceptors (Lipinski definition) is 7. The maximum Gasteiger partial charge on any atom is 0.416 e. The van der Waals surface area contributed by atoms with Crippen molar-refractivity contribution in [1.29, 1.82) is 0 Å². The minimum atomic E-state index is -4.53. The van der Waals surface area contributed by atoms with Gasteiger partial charge in [0.05, 0.1) is 17.7 Å². The first-order valence-corrected chi connectivity index (χ1v) is 14.9. The molecule has 2 aliphatic heterocycles. The average Bonchev–Trinajstić information content (AvgIpc) is 3.63. The van der Waals surface area contributed by atoms with Gasteiger partial charge in [-0.3, -0.25) is 14.6 Å². The molecular weight excluding hydrogens is 559 g/mol. The molecule has 3 atom stereocenters. The number of alkyl halides is 3. The van der Waals surface area contributed by atoms with Crippen molar-refractivity contribution in [2.45, 2.75) is 74.7 Å². The lowest BCUT2D eigenvalue weighted by Crippen LogP contribution is -2.49. The van der Waals surface area contributed by atoms with Crippen LogP contribution >= 0.6 is 0 Å². The largest absolute Gasteiger partial charge is 0.416 e. The fourth-order valence-electron chi connectivity index (χ4n) is 7.19. The Morgan fingerprint density at radius 2 is 1.67 bits per heavy atom. The number of rotatable bonds is 7. The predicted octanol–water partition coefficient (Wildman–Crippen LogP) is 4.19. The number of nitrogens with one attached hydrogen (secondary N) is 1. The zero-order chi connectivity index (χ0) is 30.2. The number of carbonyl (C=O) groups excluding carboxylic acids is 1. The third-order valence-corrected chi connectivity index (χ3v) is 9.44. The summed E-state index contributed by atoms with van der Waals surface area (Å²) >= 11 is 0. The Morgan fingerprint density at radius 3 is 2.37 bits per heavy atom. The second-order valence-electron chi connectivity index (χ2n) is 11.9. The van der Waals surface area contributed by atoms with Gasteiger partial charge in [0.15, 0.2) is 5.82 Å². The number of likely N-dealkylation sites (tertiary alicyclic amines) is 2. The number of nitrogens with zero attached hydrogens (tertiary/aromatic N) is 4. The first-order chi connectivity index (χ1) is 20.6. The molecule has 2 aromatic carbocycles. The van der Waals surface area contributed by atoms with Crippen LogP contribution in [0.5, 0.6) is 0 Å². The Morgan fingerprint density at radius 1 is 0.977 bits per heavy atom. The van der Waals surface area contributed by atoms with Gasteiger partial charge in [0.1, 0.15) is 6.23 Å². The van der Waals surface area contributed by atoms with E-state index >= 15 is 0 Å². The van der Waals surface area contributed by atoms with E-state index < -0.39 is 29.5 Å². The predicted molar refractivity (Wildman–Crippen MR) is 154 cm³/mol. The van der Waals surface area contributed by atoms with Gasteiger partial charge in [-0.15, -0.1) is 0 Å². The van der Waals surface area contributed by atoms with Gasteiger partial charge in [-0.2, -0.15) is 13.2 Å². The first kappa shape index (κ1) is 29.7. The molecule has 1 unspecified atom stereocenters. The molecule has 1 amide bonds. The van der Waals surface area contributed by atoms with E-state index in [4.69, 9.17) is 0 Å². The molecular formula is C32H36F3N5O3. The van der Waals surface area contributed by atoms with E-state index in [-0.39, 0.29) is 24.2 Å². The summed E-state index contributed by atoms with van der Waals surface area (Å²) in [6.45, 7) is 1.52. The molecule has 1 aromatic heterocycles. The van der Waals surface area contributed by atoms with Crippen molar-refractivity contribution >= 4 is 5.91 Å².